The molecule has 0 saturated heterocycles. The van der Waals surface area contributed by atoms with Crippen LogP contribution in [0.15, 0.2) is 6.07 Å². The highest BCUT2D eigenvalue weighted by molar-refractivity contribution is 5.90. The van der Waals surface area contributed by atoms with Gasteiger partial charge in [0, 0.05) is 0 Å². The van der Waals surface area contributed by atoms with Crippen molar-refractivity contribution in [3.63, 3.8) is 0 Å². The molecule has 1 aromatic rings. The van der Waals surface area contributed by atoms with E-state index < -0.39 is 40.2 Å². The zero-order chi connectivity index (χ0) is 13.2. The normalized spacial score (nSPS) is 10.4. The summed E-state index contributed by atoms with van der Waals surface area (Å²) in [4.78, 5) is 23.2. The van der Waals surface area contributed by atoms with Crippen LogP contribution in [0.1, 0.15) is 22.5 Å². The highest BCUT2D eigenvalue weighted by Gasteiger charge is 2.31. The molecule has 0 N–H and O–H groups in total. The lowest BCUT2D eigenvalue weighted by atomic mass is 10.1. The maximum absolute atomic E-state index is 12.9. The second-order valence-corrected chi connectivity index (χ2v) is 2.78. The van der Waals surface area contributed by atoms with Gasteiger partial charge in [-0.3, -0.25) is 10.1 Å². The summed E-state index contributed by atoms with van der Waals surface area (Å²) >= 11 is 0. The number of halogens is 3. The molecule has 0 saturated carbocycles. The maximum atomic E-state index is 12.9. The van der Waals surface area contributed by atoms with Crippen LogP contribution in [0.5, 0.6) is 0 Å². The Morgan fingerprint density at radius 1 is 1.59 bits per heavy atom. The number of hydrogen-bond donors (Lipinski definition) is 0. The predicted molar refractivity (Wildman–Crippen MR) is 47.1 cm³/mol. The number of ether oxygens (including phenoxy) is 1. The largest absolute Gasteiger partial charge is 0.464 e. The van der Waals surface area contributed by atoms with Crippen molar-refractivity contribution < 1.29 is 27.6 Å². The van der Waals surface area contributed by atoms with Crippen LogP contribution in [0.2, 0.25) is 0 Å². The van der Waals surface area contributed by atoms with Crippen molar-refractivity contribution in [1.82, 2.24) is 4.98 Å². The first-order valence-corrected chi connectivity index (χ1v) is 4.09. The van der Waals surface area contributed by atoms with Crippen LogP contribution < -0.4 is 0 Å². The fourth-order valence-electron chi connectivity index (χ4n) is 1.13. The summed E-state index contributed by atoms with van der Waals surface area (Å²) < 4.78 is 42.2. The van der Waals surface area contributed by atoms with Crippen LogP contribution in [-0.4, -0.2) is 23.0 Å². The van der Waals surface area contributed by atoms with Crippen molar-refractivity contribution in [3.05, 3.63) is 33.4 Å². The van der Waals surface area contributed by atoms with Gasteiger partial charge in [0.1, 0.15) is 5.56 Å². The van der Waals surface area contributed by atoms with Gasteiger partial charge in [0.25, 0.3) is 12.1 Å². The Morgan fingerprint density at radius 3 is 2.59 bits per heavy atom. The van der Waals surface area contributed by atoms with Crippen molar-refractivity contribution in [2.45, 2.75) is 6.43 Å². The molecular formula is C8H5F3N2O4. The Hall–Kier alpha value is -2.19. The van der Waals surface area contributed by atoms with Crippen molar-refractivity contribution >= 4 is 11.7 Å². The molecule has 0 fully saturated rings. The molecule has 6 nitrogen and oxygen atoms in total. The van der Waals surface area contributed by atoms with Gasteiger partial charge in [-0.2, -0.15) is 4.39 Å². The fraction of sp³-hybridized carbons (Fsp3) is 0.250. The summed E-state index contributed by atoms with van der Waals surface area (Å²) in [6, 6.07) is 0.216. The van der Waals surface area contributed by atoms with Crippen molar-refractivity contribution in [1.29, 1.82) is 0 Å². The molecule has 0 amide bonds. The summed E-state index contributed by atoms with van der Waals surface area (Å²) in [6.45, 7) is 0. The second kappa shape index (κ2) is 4.76. The number of esters is 1. The Morgan fingerprint density at radius 2 is 2.18 bits per heavy atom. The molecule has 0 aromatic carbocycles. The van der Waals surface area contributed by atoms with Gasteiger partial charge >= 0.3 is 5.97 Å². The fourth-order valence-corrected chi connectivity index (χ4v) is 1.13. The third kappa shape index (κ3) is 2.49. The summed E-state index contributed by atoms with van der Waals surface area (Å²) in [5, 5.41) is 10.5. The van der Waals surface area contributed by atoms with Crippen LogP contribution in [0, 0.1) is 16.1 Å². The average Bonchev–Trinajstić information content (AvgIpc) is 2.26. The minimum absolute atomic E-state index is 0.216. The van der Waals surface area contributed by atoms with Gasteiger partial charge in [-0.05, 0) is 0 Å². The first kappa shape index (κ1) is 12.9. The van der Waals surface area contributed by atoms with Crippen LogP contribution in [0.4, 0.5) is 18.9 Å². The summed E-state index contributed by atoms with van der Waals surface area (Å²) in [5.74, 6) is -2.79. The Bertz CT molecular complexity index is 478. The lowest BCUT2D eigenvalue weighted by Gasteiger charge is -2.06. The van der Waals surface area contributed by atoms with Crippen LogP contribution >= 0.6 is 0 Å². The maximum Gasteiger partial charge on any atom is 0.357 e. The number of pyridine rings is 1. The highest BCUT2D eigenvalue weighted by Crippen LogP contribution is 2.31. The topological polar surface area (TPSA) is 82.3 Å². The lowest BCUT2D eigenvalue weighted by Crippen LogP contribution is -2.12. The van der Waals surface area contributed by atoms with Crippen LogP contribution in [0.3, 0.4) is 0 Å². The van der Waals surface area contributed by atoms with E-state index in [0.717, 1.165) is 7.11 Å². The smallest absolute Gasteiger partial charge is 0.357 e. The minimum atomic E-state index is -3.35. The summed E-state index contributed by atoms with van der Waals surface area (Å²) in [7, 11) is 0.857. The number of aromatic nitrogens is 1. The molecule has 0 bridgehead atoms. The molecule has 1 heterocycles. The van der Waals surface area contributed by atoms with Gasteiger partial charge < -0.3 is 4.74 Å². The van der Waals surface area contributed by atoms with E-state index in [4.69, 9.17) is 0 Å². The number of methoxy groups -OCH3 is 1. The average molecular weight is 250 g/mol. The standard InChI is InChI=1S/C8H5F3N2O4/c1-17-8(14)6-5(7(10)11)3(13(15)16)2-4(9)12-6/h2,7H,1H3. The summed E-state index contributed by atoms with van der Waals surface area (Å²) in [5.41, 5.74) is -3.58. The van der Waals surface area contributed by atoms with E-state index in [-0.39, 0.29) is 6.07 Å². The van der Waals surface area contributed by atoms with E-state index in [1.807, 2.05) is 0 Å². The van der Waals surface area contributed by atoms with Gasteiger partial charge in [-0.1, -0.05) is 0 Å². The number of nitro groups is 1. The molecule has 0 radical (unpaired) electrons. The Balaban J connectivity index is 3.57. The molecule has 1 aromatic heterocycles. The number of nitrogens with zero attached hydrogens (tertiary/aromatic N) is 2. The minimum Gasteiger partial charge on any atom is -0.464 e. The quantitative estimate of drug-likeness (QED) is 0.354. The molecule has 17 heavy (non-hydrogen) atoms. The molecule has 0 unspecified atom stereocenters. The van der Waals surface area contributed by atoms with E-state index >= 15 is 0 Å². The van der Waals surface area contributed by atoms with E-state index in [1.54, 1.807) is 0 Å². The van der Waals surface area contributed by atoms with E-state index in [0.29, 0.717) is 0 Å². The molecule has 0 aliphatic carbocycles. The van der Waals surface area contributed by atoms with E-state index in [1.165, 1.54) is 0 Å². The molecule has 0 aliphatic rings. The molecule has 9 heteroatoms. The third-order valence-electron chi connectivity index (χ3n) is 1.80. The zero-order valence-electron chi connectivity index (χ0n) is 8.32. The van der Waals surface area contributed by atoms with Gasteiger partial charge in [-0.25, -0.2) is 18.6 Å². The SMILES string of the molecule is COC(=O)c1nc(F)cc([N+](=O)[O-])c1C(F)F. The van der Waals surface area contributed by atoms with Crippen molar-refractivity contribution in [2.24, 2.45) is 0 Å². The van der Waals surface area contributed by atoms with Crippen molar-refractivity contribution in [2.75, 3.05) is 7.11 Å². The zero-order valence-corrected chi connectivity index (χ0v) is 8.32. The predicted octanol–water partition coefficient (Wildman–Crippen LogP) is 1.85. The van der Waals surface area contributed by atoms with Crippen molar-refractivity contribution in [3.8, 4) is 0 Å². The number of carbonyl (C=O) groups excluding carboxylic acids is 1. The monoisotopic (exact) mass is 250 g/mol. The first-order chi connectivity index (χ1) is 7.88. The van der Waals surface area contributed by atoms with Gasteiger partial charge in [0.15, 0.2) is 5.69 Å². The van der Waals surface area contributed by atoms with Gasteiger partial charge in [0.2, 0.25) is 5.95 Å². The summed E-state index contributed by atoms with van der Waals surface area (Å²) in [6.07, 6.45) is -3.35. The molecule has 0 spiro atoms. The third-order valence-corrected chi connectivity index (χ3v) is 1.80. The number of alkyl halides is 2. The van der Waals surface area contributed by atoms with E-state index in [9.17, 15) is 28.1 Å². The molecule has 1 rings (SSSR count). The number of hydrogen-bond acceptors (Lipinski definition) is 5. The number of rotatable bonds is 3. The van der Waals surface area contributed by atoms with Crippen LogP contribution in [-0.2, 0) is 4.74 Å². The van der Waals surface area contributed by atoms with Gasteiger partial charge in [-0.15, -0.1) is 0 Å². The molecule has 92 valence electrons. The van der Waals surface area contributed by atoms with Crippen LogP contribution in [0.25, 0.3) is 0 Å². The second-order valence-electron chi connectivity index (χ2n) is 2.78. The van der Waals surface area contributed by atoms with E-state index in [2.05, 4.69) is 9.72 Å². The molecule has 0 atom stereocenters. The number of carbonyl (C=O) groups is 1. The highest BCUT2D eigenvalue weighted by atomic mass is 19.3. The van der Waals surface area contributed by atoms with Gasteiger partial charge in [0.05, 0.1) is 18.1 Å². The molecule has 0 aliphatic heterocycles. The Kier molecular flexibility index (Phi) is 3.61. The molecular weight excluding hydrogens is 245 g/mol. The lowest BCUT2D eigenvalue weighted by molar-refractivity contribution is -0.386. The Labute approximate surface area is 92.2 Å². The first-order valence-electron chi connectivity index (χ1n) is 4.09.